The SMILES string of the molecule is CCn1c(COc2cc(C)c(Cl)c(C)c2)nnc1SCC(=O)Nc1cccc2ccccc12. The Morgan fingerprint density at radius 1 is 1.09 bits per heavy atom. The highest BCUT2D eigenvalue weighted by Gasteiger charge is 2.15. The highest BCUT2D eigenvalue weighted by atomic mass is 35.5. The number of thioether (sulfide) groups is 1. The van der Waals surface area contributed by atoms with Crippen LogP contribution in [0.15, 0.2) is 59.8 Å². The smallest absolute Gasteiger partial charge is 0.234 e. The van der Waals surface area contributed by atoms with Crippen molar-refractivity contribution >= 4 is 45.7 Å². The Balaban J connectivity index is 1.39. The molecule has 4 aromatic rings. The summed E-state index contributed by atoms with van der Waals surface area (Å²) >= 11 is 7.60. The summed E-state index contributed by atoms with van der Waals surface area (Å²) in [5.41, 5.74) is 2.74. The molecule has 1 heterocycles. The second kappa shape index (κ2) is 10.3. The van der Waals surface area contributed by atoms with Crippen molar-refractivity contribution in [3.63, 3.8) is 0 Å². The van der Waals surface area contributed by atoms with Crippen molar-refractivity contribution in [2.45, 2.75) is 39.1 Å². The van der Waals surface area contributed by atoms with Crippen LogP contribution in [0.25, 0.3) is 10.8 Å². The lowest BCUT2D eigenvalue weighted by atomic mass is 10.1. The van der Waals surface area contributed by atoms with Gasteiger partial charge in [-0.2, -0.15) is 0 Å². The van der Waals surface area contributed by atoms with E-state index in [1.807, 2.05) is 79.9 Å². The molecule has 0 radical (unpaired) electrons. The van der Waals surface area contributed by atoms with Crippen LogP contribution in [-0.4, -0.2) is 26.4 Å². The van der Waals surface area contributed by atoms with Crippen LogP contribution in [0.3, 0.4) is 0 Å². The van der Waals surface area contributed by atoms with E-state index in [2.05, 4.69) is 15.5 Å². The zero-order valence-electron chi connectivity index (χ0n) is 18.8. The average molecular weight is 481 g/mol. The molecular formula is C25H25ClN4O2S. The number of benzene rings is 3. The number of hydrogen-bond acceptors (Lipinski definition) is 5. The van der Waals surface area contributed by atoms with Gasteiger partial charge in [0, 0.05) is 22.6 Å². The molecule has 0 saturated carbocycles. The summed E-state index contributed by atoms with van der Waals surface area (Å²) in [7, 11) is 0. The van der Waals surface area contributed by atoms with E-state index in [1.54, 1.807) is 0 Å². The molecular weight excluding hydrogens is 456 g/mol. The van der Waals surface area contributed by atoms with Crippen molar-refractivity contribution in [2.24, 2.45) is 0 Å². The van der Waals surface area contributed by atoms with Crippen LogP contribution >= 0.6 is 23.4 Å². The quantitative estimate of drug-likeness (QED) is 0.312. The molecule has 1 amide bonds. The van der Waals surface area contributed by atoms with Gasteiger partial charge in [0.15, 0.2) is 11.0 Å². The van der Waals surface area contributed by atoms with Gasteiger partial charge in [-0.1, -0.05) is 59.8 Å². The second-order valence-electron chi connectivity index (χ2n) is 7.67. The summed E-state index contributed by atoms with van der Waals surface area (Å²) < 4.78 is 7.90. The molecule has 0 saturated heterocycles. The number of hydrogen-bond donors (Lipinski definition) is 1. The van der Waals surface area contributed by atoms with Crippen LogP contribution in [0.1, 0.15) is 23.9 Å². The Hall–Kier alpha value is -3.03. The van der Waals surface area contributed by atoms with Crippen LogP contribution < -0.4 is 10.1 Å². The summed E-state index contributed by atoms with van der Waals surface area (Å²) in [4.78, 5) is 12.6. The van der Waals surface area contributed by atoms with Crippen molar-refractivity contribution < 1.29 is 9.53 Å². The minimum atomic E-state index is -0.0908. The number of anilines is 1. The van der Waals surface area contributed by atoms with Crippen LogP contribution in [0, 0.1) is 13.8 Å². The summed E-state index contributed by atoms with van der Waals surface area (Å²) in [5, 5.41) is 15.1. The number of ether oxygens (including phenoxy) is 1. The molecule has 0 bridgehead atoms. The fourth-order valence-electron chi connectivity index (χ4n) is 3.64. The molecule has 3 aromatic carbocycles. The number of aryl methyl sites for hydroxylation is 2. The van der Waals surface area contributed by atoms with Gasteiger partial charge in [-0.15, -0.1) is 10.2 Å². The van der Waals surface area contributed by atoms with Gasteiger partial charge in [0.1, 0.15) is 12.4 Å². The molecule has 170 valence electrons. The number of aromatic nitrogens is 3. The number of halogens is 1. The van der Waals surface area contributed by atoms with Gasteiger partial charge in [0.05, 0.1) is 5.75 Å². The third-order valence-corrected chi connectivity index (χ3v) is 6.85. The molecule has 4 rings (SSSR count). The molecule has 0 aliphatic carbocycles. The Morgan fingerprint density at radius 3 is 2.58 bits per heavy atom. The minimum absolute atomic E-state index is 0.0908. The Kier molecular flexibility index (Phi) is 7.20. The van der Waals surface area contributed by atoms with E-state index in [4.69, 9.17) is 16.3 Å². The van der Waals surface area contributed by atoms with Gasteiger partial charge in [0.2, 0.25) is 5.91 Å². The van der Waals surface area contributed by atoms with Crippen LogP contribution in [-0.2, 0) is 17.9 Å². The van der Waals surface area contributed by atoms with E-state index in [1.165, 1.54) is 11.8 Å². The predicted molar refractivity (Wildman–Crippen MR) is 134 cm³/mol. The number of nitrogens with one attached hydrogen (secondary N) is 1. The summed E-state index contributed by atoms with van der Waals surface area (Å²) in [6.45, 7) is 6.88. The lowest BCUT2D eigenvalue weighted by Gasteiger charge is -2.11. The third-order valence-electron chi connectivity index (χ3n) is 5.28. The zero-order valence-corrected chi connectivity index (χ0v) is 20.3. The molecule has 0 fully saturated rings. The van der Waals surface area contributed by atoms with Crippen LogP contribution in [0.4, 0.5) is 5.69 Å². The molecule has 0 unspecified atom stereocenters. The minimum Gasteiger partial charge on any atom is -0.486 e. The monoisotopic (exact) mass is 480 g/mol. The first-order chi connectivity index (χ1) is 16.0. The van der Waals surface area contributed by atoms with Crippen molar-refractivity contribution in [3.05, 3.63) is 76.6 Å². The molecule has 0 aliphatic heterocycles. The van der Waals surface area contributed by atoms with Gasteiger partial charge < -0.3 is 14.6 Å². The van der Waals surface area contributed by atoms with E-state index < -0.39 is 0 Å². The maximum Gasteiger partial charge on any atom is 0.234 e. The molecule has 0 aliphatic rings. The van der Waals surface area contributed by atoms with Crippen molar-refractivity contribution in [1.82, 2.24) is 14.8 Å². The van der Waals surface area contributed by atoms with E-state index in [0.717, 1.165) is 38.4 Å². The number of nitrogens with zero attached hydrogens (tertiary/aromatic N) is 3. The largest absolute Gasteiger partial charge is 0.486 e. The lowest BCUT2D eigenvalue weighted by Crippen LogP contribution is -2.15. The van der Waals surface area contributed by atoms with Gasteiger partial charge >= 0.3 is 0 Å². The Bertz CT molecular complexity index is 1280. The second-order valence-corrected chi connectivity index (χ2v) is 8.99. The molecule has 0 spiro atoms. The van der Waals surface area contributed by atoms with E-state index in [9.17, 15) is 4.79 Å². The lowest BCUT2D eigenvalue weighted by molar-refractivity contribution is -0.113. The van der Waals surface area contributed by atoms with E-state index >= 15 is 0 Å². The standard InChI is InChI=1S/C25H25ClN4O2S/c1-4-30-22(14-32-19-12-16(2)24(26)17(3)13-19)28-29-25(30)33-15-23(31)27-21-11-7-9-18-8-5-6-10-20(18)21/h5-13H,4,14-15H2,1-3H3,(H,27,31). The highest BCUT2D eigenvalue weighted by molar-refractivity contribution is 7.99. The van der Waals surface area contributed by atoms with Crippen molar-refractivity contribution in [2.75, 3.05) is 11.1 Å². The third kappa shape index (κ3) is 5.31. The fraction of sp³-hybridized carbons (Fsp3) is 0.240. The van der Waals surface area contributed by atoms with Crippen LogP contribution in [0.2, 0.25) is 5.02 Å². The molecule has 1 N–H and O–H groups in total. The molecule has 0 atom stereocenters. The zero-order chi connectivity index (χ0) is 23.4. The summed E-state index contributed by atoms with van der Waals surface area (Å²) in [5.74, 6) is 1.59. The number of carbonyl (C=O) groups excluding carboxylic acids is 1. The first-order valence-electron chi connectivity index (χ1n) is 10.7. The first kappa shape index (κ1) is 23.1. The summed E-state index contributed by atoms with van der Waals surface area (Å²) in [6.07, 6.45) is 0. The maximum absolute atomic E-state index is 12.6. The Morgan fingerprint density at radius 2 is 1.82 bits per heavy atom. The number of rotatable bonds is 8. The highest BCUT2D eigenvalue weighted by Crippen LogP contribution is 2.27. The van der Waals surface area contributed by atoms with Crippen LogP contribution in [0.5, 0.6) is 5.75 Å². The maximum atomic E-state index is 12.6. The number of carbonyl (C=O) groups is 1. The van der Waals surface area contributed by atoms with Gasteiger partial charge in [-0.25, -0.2) is 0 Å². The average Bonchev–Trinajstić information content (AvgIpc) is 3.21. The first-order valence-corrected chi connectivity index (χ1v) is 12.0. The Labute approximate surface area is 202 Å². The normalized spacial score (nSPS) is 11.0. The van der Waals surface area contributed by atoms with E-state index in [0.29, 0.717) is 17.5 Å². The molecule has 6 nitrogen and oxygen atoms in total. The van der Waals surface area contributed by atoms with Crippen molar-refractivity contribution in [3.8, 4) is 5.75 Å². The predicted octanol–water partition coefficient (Wildman–Crippen LogP) is 6.03. The number of fused-ring (bicyclic) bond motifs is 1. The van der Waals surface area contributed by atoms with Gasteiger partial charge in [-0.3, -0.25) is 4.79 Å². The van der Waals surface area contributed by atoms with Gasteiger partial charge in [0.25, 0.3) is 0 Å². The van der Waals surface area contributed by atoms with Gasteiger partial charge in [-0.05, 0) is 55.5 Å². The van der Waals surface area contributed by atoms with Crippen molar-refractivity contribution in [1.29, 1.82) is 0 Å². The molecule has 1 aromatic heterocycles. The topological polar surface area (TPSA) is 69.0 Å². The molecule has 8 heteroatoms. The number of amides is 1. The fourth-order valence-corrected chi connectivity index (χ4v) is 4.57. The molecule has 33 heavy (non-hydrogen) atoms. The van der Waals surface area contributed by atoms with E-state index in [-0.39, 0.29) is 18.3 Å². The summed E-state index contributed by atoms with van der Waals surface area (Å²) in [6, 6.07) is 17.7.